The lowest BCUT2D eigenvalue weighted by atomic mass is 9.88. The molecule has 11 heteroatoms. The molecule has 0 aromatic carbocycles. The van der Waals surface area contributed by atoms with Crippen LogP contribution < -0.4 is 21.1 Å². The van der Waals surface area contributed by atoms with Crippen molar-refractivity contribution in [3.8, 4) is 17.1 Å². The molecule has 0 atom stereocenters. The van der Waals surface area contributed by atoms with Crippen molar-refractivity contribution in [2.75, 3.05) is 19.5 Å². The molecule has 3 heterocycles. The fourth-order valence-electron chi connectivity index (χ4n) is 4.22. The third-order valence-corrected chi connectivity index (χ3v) is 6.47. The van der Waals surface area contributed by atoms with Crippen LogP contribution in [0.1, 0.15) is 49.9 Å². The molecule has 1 aliphatic rings. The summed E-state index contributed by atoms with van der Waals surface area (Å²) in [5.41, 5.74) is 7.57. The number of nitrogens with one attached hydrogen (secondary N) is 2. The summed E-state index contributed by atoms with van der Waals surface area (Å²) in [4.78, 5) is 33.9. The molecule has 3 aromatic heterocycles. The molecular formula is C24H31N7O4. The maximum Gasteiger partial charge on any atom is 0.253 e. The lowest BCUT2D eigenvalue weighted by molar-refractivity contribution is -0.132. The van der Waals surface area contributed by atoms with E-state index in [9.17, 15) is 14.7 Å². The second kappa shape index (κ2) is 9.87. The fraction of sp³-hybridized carbons (Fsp3) is 0.458. The van der Waals surface area contributed by atoms with Crippen molar-refractivity contribution in [2.45, 2.75) is 51.6 Å². The van der Waals surface area contributed by atoms with E-state index < -0.39 is 5.41 Å². The number of carbonyl (C=O) groups is 2. The van der Waals surface area contributed by atoms with Gasteiger partial charge in [0.05, 0.1) is 30.4 Å². The molecule has 35 heavy (non-hydrogen) atoms. The number of hydrogen-bond donors (Lipinski definition) is 4. The Morgan fingerprint density at radius 3 is 2.51 bits per heavy atom. The van der Waals surface area contributed by atoms with E-state index in [1.807, 2.05) is 0 Å². The highest BCUT2D eigenvalue weighted by Gasteiger charge is 2.31. The Hall–Kier alpha value is -3.73. The molecule has 3 aromatic rings. The van der Waals surface area contributed by atoms with Crippen molar-refractivity contribution in [1.82, 2.24) is 30.2 Å². The lowest BCUT2D eigenvalue weighted by Gasteiger charge is -2.32. The van der Waals surface area contributed by atoms with E-state index in [0.717, 1.165) is 31.2 Å². The van der Waals surface area contributed by atoms with E-state index in [1.165, 1.54) is 13.4 Å². The minimum Gasteiger partial charge on any atom is -0.481 e. The molecule has 11 nitrogen and oxygen atoms in total. The number of methoxy groups -OCH3 is 1. The van der Waals surface area contributed by atoms with Crippen molar-refractivity contribution in [2.24, 2.45) is 5.41 Å². The van der Waals surface area contributed by atoms with Crippen LogP contribution in [0.15, 0.2) is 30.7 Å². The van der Waals surface area contributed by atoms with E-state index in [1.54, 1.807) is 42.8 Å². The number of aliphatic hydroxyl groups excluding tert-OH is 1. The quantitative estimate of drug-likeness (QED) is 0.396. The number of fused-ring (bicyclic) bond motifs is 1. The van der Waals surface area contributed by atoms with Gasteiger partial charge in [0.15, 0.2) is 5.82 Å². The Morgan fingerprint density at radius 1 is 1.17 bits per heavy atom. The van der Waals surface area contributed by atoms with Crippen LogP contribution in [0.2, 0.25) is 0 Å². The van der Waals surface area contributed by atoms with Gasteiger partial charge in [0.25, 0.3) is 5.91 Å². The van der Waals surface area contributed by atoms with Gasteiger partial charge in [-0.05, 0) is 51.7 Å². The zero-order chi connectivity index (χ0) is 25.2. The second-order valence-electron chi connectivity index (χ2n) is 9.47. The van der Waals surface area contributed by atoms with Crippen LogP contribution in [0.25, 0.3) is 16.8 Å². The molecule has 0 spiro atoms. The number of aromatic nitrogens is 4. The van der Waals surface area contributed by atoms with Crippen molar-refractivity contribution >= 4 is 23.1 Å². The number of hydrogen-bond acceptors (Lipinski definition) is 8. The lowest BCUT2D eigenvalue weighted by Crippen LogP contribution is -2.48. The number of anilines is 1. The van der Waals surface area contributed by atoms with Crippen LogP contribution in [-0.4, -0.2) is 62.3 Å². The Kier molecular flexibility index (Phi) is 6.88. The number of nitrogens with two attached hydrogens (primary N) is 1. The first-order valence-corrected chi connectivity index (χ1v) is 11.6. The summed E-state index contributed by atoms with van der Waals surface area (Å²) in [6.07, 6.45) is 5.89. The maximum absolute atomic E-state index is 13.3. The summed E-state index contributed by atoms with van der Waals surface area (Å²) in [5, 5.41) is 19.8. The molecule has 186 valence electrons. The van der Waals surface area contributed by atoms with Crippen molar-refractivity contribution in [1.29, 1.82) is 0 Å². The Morgan fingerprint density at radius 2 is 1.86 bits per heavy atom. The van der Waals surface area contributed by atoms with Crippen molar-refractivity contribution in [3.63, 3.8) is 0 Å². The van der Waals surface area contributed by atoms with Gasteiger partial charge in [-0.2, -0.15) is 5.10 Å². The zero-order valence-corrected chi connectivity index (χ0v) is 20.1. The first-order chi connectivity index (χ1) is 16.7. The van der Waals surface area contributed by atoms with Gasteiger partial charge in [0.2, 0.25) is 11.8 Å². The van der Waals surface area contributed by atoms with E-state index in [-0.39, 0.29) is 36.3 Å². The highest BCUT2D eigenvalue weighted by Crippen LogP contribution is 2.29. The Balaban J connectivity index is 1.50. The van der Waals surface area contributed by atoms with Crippen LogP contribution in [-0.2, 0) is 4.79 Å². The Labute approximate surface area is 203 Å². The minimum atomic E-state index is -0.819. The molecule has 0 saturated heterocycles. The smallest absolute Gasteiger partial charge is 0.253 e. The topological polar surface area (TPSA) is 157 Å². The SMILES string of the molecule is COc1cc(-c2cc(C(=O)NC3CCC(NC(=O)C(C)(C)CO)CC3)c3c(N)ncnn23)ccn1. The maximum atomic E-state index is 13.3. The molecule has 0 aliphatic heterocycles. The summed E-state index contributed by atoms with van der Waals surface area (Å²) in [6.45, 7) is 3.21. The van der Waals surface area contributed by atoms with E-state index in [2.05, 4.69) is 25.7 Å². The van der Waals surface area contributed by atoms with Crippen LogP contribution >= 0.6 is 0 Å². The van der Waals surface area contributed by atoms with Gasteiger partial charge in [-0.3, -0.25) is 9.59 Å². The van der Waals surface area contributed by atoms with Gasteiger partial charge < -0.3 is 26.2 Å². The number of rotatable bonds is 7. The predicted molar refractivity (Wildman–Crippen MR) is 130 cm³/mol. The molecule has 4 rings (SSSR count). The van der Waals surface area contributed by atoms with Crippen LogP contribution in [0.3, 0.4) is 0 Å². The summed E-state index contributed by atoms with van der Waals surface area (Å²) in [7, 11) is 1.54. The fourth-order valence-corrected chi connectivity index (χ4v) is 4.22. The molecular weight excluding hydrogens is 450 g/mol. The molecule has 0 radical (unpaired) electrons. The number of carbonyl (C=O) groups excluding carboxylic acids is 2. The van der Waals surface area contributed by atoms with E-state index >= 15 is 0 Å². The van der Waals surface area contributed by atoms with Gasteiger partial charge >= 0.3 is 0 Å². The molecule has 1 aliphatic carbocycles. The molecule has 5 N–H and O–H groups in total. The first kappa shape index (κ1) is 24.4. The molecule has 0 unspecified atom stereocenters. The average molecular weight is 482 g/mol. The molecule has 0 bridgehead atoms. The van der Waals surface area contributed by atoms with Gasteiger partial charge in [-0.1, -0.05) is 0 Å². The summed E-state index contributed by atoms with van der Waals surface area (Å²) < 4.78 is 6.83. The number of nitrogens with zero attached hydrogens (tertiary/aromatic N) is 4. The Bertz CT molecular complexity index is 1230. The normalized spacial score (nSPS) is 18.3. The van der Waals surface area contributed by atoms with Gasteiger partial charge in [-0.15, -0.1) is 0 Å². The highest BCUT2D eigenvalue weighted by atomic mass is 16.5. The minimum absolute atomic E-state index is 0.0223. The van der Waals surface area contributed by atoms with Gasteiger partial charge in [0.1, 0.15) is 11.8 Å². The zero-order valence-electron chi connectivity index (χ0n) is 20.1. The number of amides is 2. The first-order valence-electron chi connectivity index (χ1n) is 11.6. The molecule has 1 fully saturated rings. The van der Waals surface area contributed by atoms with Crippen LogP contribution in [0.5, 0.6) is 5.88 Å². The third-order valence-electron chi connectivity index (χ3n) is 6.47. The van der Waals surface area contributed by atoms with Crippen LogP contribution in [0.4, 0.5) is 5.82 Å². The summed E-state index contributed by atoms with van der Waals surface area (Å²) in [6, 6.07) is 5.29. The van der Waals surface area contributed by atoms with Crippen molar-refractivity contribution < 1.29 is 19.4 Å². The molecule has 1 saturated carbocycles. The number of pyridine rings is 1. The number of nitrogen functional groups attached to an aromatic ring is 1. The molecule has 2 amide bonds. The predicted octanol–water partition coefficient (Wildman–Crippen LogP) is 1.56. The van der Waals surface area contributed by atoms with E-state index in [4.69, 9.17) is 10.5 Å². The largest absolute Gasteiger partial charge is 0.481 e. The van der Waals surface area contributed by atoms with Crippen molar-refractivity contribution in [3.05, 3.63) is 36.3 Å². The number of aliphatic hydroxyl groups is 1. The summed E-state index contributed by atoms with van der Waals surface area (Å²) >= 11 is 0. The second-order valence-corrected chi connectivity index (χ2v) is 9.47. The van der Waals surface area contributed by atoms with Crippen LogP contribution in [0, 0.1) is 5.41 Å². The summed E-state index contributed by atoms with van der Waals surface area (Å²) in [5.74, 6) is 0.223. The average Bonchev–Trinajstić information content (AvgIpc) is 3.26. The standard InChI is InChI=1S/C24H31N7O4/c1-24(2,12-32)23(34)30-16-6-4-15(5-7-16)29-22(33)17-11-18(14-8-9-26-19(10-14)35-3)31-20(17)21(25)27-13-28-31/h8-11,13,15-16,32H,4-7,12H2,1-3H3,(H,29,33)(H,30,34)(H2,25,27,28). The van der Waals surface area contributed by atoms with E-state index in [0.29, 0.717) is 22.7 Å². The highest BCUT2D eigenvalue weighted by molar-refractivity contribution is 6.05. The number of ether oxygens (including phenoxy) is 1. The van der Waals surface area contributed by atoms with Gasteiger partial charge in [-0.25, -0.2) is 14.5 Å². The monoisotopic (exact) mass is 481 g/mol. The third kappa shape index (κ3) is 5.04. The van der Waals surface area contributed by atoms with Gasteiger partial charge in [0, 0.05) is 29.9 Å².